The Hall–Kier alpha value is -2.37. The van der Waals surface area contributed by atoms with Crippen LogP contribution in [0.1, 0.15) is 355 Å². The number of esters is 3. The van der Waals surface area contributed by atoms with Crippen LogP contribution in [0.15, 0.2) is 36.5 Å². The zero-order valence-corrected chi connectivity index (χ0v) is 49.2. The van der Waals surface area contributed by atoms with Crippen molar-refractivity contribution < 1.29 is 28.6 Å². The van der Waals surface area contributed by atoms with Crippen LogP contribution in [0.5, 0.6) is 0 Å². The molecule has 0 aliphatic heterocycles. The Balaban J connectivity index is 4.13. The molecule has 0 saturated heterocycles. The van der Waals surface area contributed by atoms with Gasteiger partial charge in [-0.15, -0.1) is 0 Å². The van der Waals surface area contributed by atoms with Crippen molar-refractivity contribution in [3.8, 4) is 0 Å². The molecule has 6 nitrogen and oxygen atoms in total. The molecule has 0 aromatic carbocycles. The van der Waals surface area contributed by atoms with Crippen LogP contribution in [-0.4, -0.2) is 37.2 Å². The lowest BCUT2D eigenvalue weighted by atomic mass is 10.0. The monoisotopic (exact) mass is 1020 g/mol. The lowest BCUT2D eigenvalue weighted by Gasteiger charge is -2.18. The van der Waals surface area contributed by atoms with Gasteiger partial charge in [-0.2, -0.15) is 0 Å². The molecule has 0 aromatic rings. The standard InChI is InChI=1S/C67H124O6/c1-4-7-10-13-16-19-21-23-25-27-29-31-32-33-34-35-37-38-40-42-44-46-48-51-54-57-60-66(69)72-63-64(62-71-65(68)59-56-53-50-18-15-12-9-6-3)73-67(70)61-58-55-52-49-47-45-43-41-39-36-30-28-26-24-22-20-17-14-11-8-5-2/h22,24,28,30,39,41,64H,4-21,23,25-27,29,31-38,40,42-63H2,1-3H3/b24-22-,30-28-,41-39-. The molecule has 0 bridgehead atoms. The second kappa shape index (κ2) is 62.2. The van der Waals surface area contributed by atoms with Gasteiger partial charge in [0, 0.05) is 19.3 Å². The summed E-state index contributed by atoms with van der Waals surface area (Å²) in [6, 6.07) is 0. The third-order valence-electron chi connectivity index (χ3n) is 14.6. The molecule has 0 fully saturated rings. The van der Waals surface area contributed by atoms with Crippen molar-refractivity contribution in [3.63, 3.8) is 0 Å². The van der Waals surface area contributed by atoms with Gasteiger partial charge in [-0.1, -0.05) is 314 Å². The van der Waals surface area contributed by atoms with Gasteiger partial charge < -0.3 is 14.2 Å². The highest BCUT2D eigenvalue weighted by Gasteiger charge is 2.19. The predicted octanol–water partition coefficient (Wildman–Crippen LogP) is 22.0. The Labute approximate surface area is 455 Å². The zero-order valence-electron chi connectivity index (χ0n) is 49.2. The lowest BCUT2D eigenvalue weighted by molar-refractivity contribution is -0.167. The molecule has 0 aromatic heterocycles. The number of carbonyl (C=O) groups is 3. The van der Waals surface area contributed by atoms with Gasteiger partial charge in [0.25, 0.3) is 0 Å². The fourth-order valence-electron chi connectivity index (χ4n) is 9.75. The van der Waals surface area contributed by atoms with E-state index >= 15 is 0 Å². The highest BCUT2D eigenvalue weighted by molar-refractivity contribution is 5.71. The second-order valence-corrected chi connectivity index (χ2v) is 22.0. The van der Waals surface area contributed by atoms with Crippen molar-refractivity contribution in [1.29, 1.82) is 0 Å². The minimum atomic E-state index is -0.775. The third kappa shape index (κ3) is 60.4. The van der Waals surface area contributed by atoms with Crippen LogP contribution in [0.25, 0.3) is 0 Å². The summed E-state index contributed by atoms with van der Waals surface area (Å²) in [5, 5.41) is 0. The van der Waals surface area contributed by atoms with E-state index in [-0.39, 0.29) is 31.1 Å². The Morgan fingerprint density at radius 3 is 0.767 bits per heavy atom. The molecule has 0 spiro atoms. The lowest BCUT2D eigenvalue weighted by Crippen LogP contribution is -2.30. The number of hydrogen-bond acceptors (Lipinski definition) is 6. The molecule has 73 heavy (non-hydrogen) atoms. The first-order chi connectivity index (χ1) is 36.0. The van der Waals surface area contributed by atoms with Crippen molar-refractivity contribution in [1.82, 2.24) is 0 Å². The van der Waals surface area contributed by atoms with Crippen molar-refractivity contribution in [2.75, 3.05) is 13.2 Å². The van der Waals surface area contributed by atoms with Gasteiger partial charge >= 0.3 is 17.9 Å². The Kier molecular flexibility index (Phi) is 60.2. The average Bonchev–Trinajstić information content (AvgIpc) is 3.39. The van der Waals surface area contributed by atoms with E-state index in [4.69, 9.17) is 14.2 Å². The first kappa shape index (κ1) is 70.6. The van der Waals surface area contributed by atoms with Gasteiger partial charge in [-0.25, -0.2) is 0 Å². The molecule has 0 heterocycles. The molecular weight excluding hydrogens is 901 g/mol. The molecule has 0 N–H and O–H groups in total. The summed E-state index contributed by atoms with van der Waals surface area (Å²) in [7, 11) is 0. The molecule has 0 rings (SSSR count). The summed E-state index contributed by atoms with van der Waals surface area (Å²) in [5.41, 5.74) is 0. The Morgan fingerprint density at radius 2 is 0.493 bits per heavy atom. The maximum Gasteiger partial charge on any atom is 0.306 e. The quantitative estimate of drug-likeness (QED) is 0.0261. The number of allylic oxidation sites excluding steroid dienone is 6. The van der Waals surface area contributed by atoms with Crippen LogP contribution in [0.3, 0.4) is 0 Å². The number of ether oxygens (including phenoxy) is 3. The van der Waals surface area contributed by atoms with Crippen molar-refractivity contribution in [2.45, 2.75) is 361 Å². The van der Waals surface area contributed by atoms with Gasteiger partial charge in [0.2, 0.25) is 0 Å². The zero-order chi connectivity index (χ0) is 52.9. The van der Waals surface area contributed by atoms with Gasteiger partial charge in [0.05, 0.1) is 0 Å². The van der Waals surface area contributed by atoms with Crippen LogP contribution < -0.4 is 0 Å². The van der Waals surface area contributed by atoms with Gasteiger partial charge in [-0.05, 0) is 57.8 Å². The third-order valence-corrected chi connectivity index (χ3v) is 14.6. The highest BCUT2D eigenvalue weighted by Crippen LogP contribution is 2.18. The number of hydrogen-bond donors (Lipinski definition) is 0. The minimum Gasteiger partial charge on any atom is -0.462 e. The van der Waals surface area contributed by atoms with Gasteiger partial charge in [0.1, 0.15) is 13.2 Å². The molecule has 6 heteroatoms. The van der Waals surface area contributed by atoms with Gasteiger partial charge in [-0.3, -0.25) is 14.4 Å². The first-order valence-corrected chi connectivity index (χ1v) is 32.5. The molecule has 0 amide bonds. The van der Waals surface area contributed by atoms with Crippen molar-refractivity contribution in [2.24, 2.45) is 0 Å². The maximum absolute atomic E-state index is 12.9. The molecule has 0 aliphatic carbocycles. The molecule has 0 aliphatic rings. The molecule has 0 radical (unpaired) electrons. The van der Waals surface area contributed by atoms with E-state index in [2.05, 4.69) is 57.2 Å². The number of unbranched alkanes of at least 4 members (excludes halogenated alkanes) is 43. The molecule has 428 valence electrons. The van der Waals surface area contributed by atoms with Crippen LogP contribution in [-0.2, 0) is 28.6 Å². The van der Waals surface area contributed by atoms with Crippen LogP contribution in [0.4, 0.5) is 0 Å². The molecular formula is C67H124O6. The average molecular weight is 1030 g/mol. The first-order valence-electron chi connectivity index (χ1n) is 32.5. The van der Waals surface area contributed by atoms with Crippen LogP contribution in [0.2, 0.25) is 0 Å². The van der Waals surface area contributed by atoms with Crippen LogP contribution in [0, 0.1) is 0 Å². The van der Waals surface area contributed by atoms with E-state index in [0.29, 0.717) is 19.3 Å². The Morgan fingerprint density at radius 1 is 0.274 bits per heavy atom. The van der Waals surface area contributed by atoms with E-state index in [0.717, 1.165) is 77.0 Å². The smallest absolute Gasteiger partial charge is 0.306 e. The number of rotatable bonds is 60. The minimum absolute atomic E-state index is 0.0729. The summed E-state index contributed by atoms with van der Waals surface area (Å²) in [6.07, 6.45) is 76.1. The second-order valence-electron chi connectivity index (χ2n) is 22.0. The summed E-state index contributed by atoms with van der Waals surface area (Å²) < 4.78 is 16.9. The van der Waals surface area contributed by atoms with E-state index in [9.17, 15) is 14.4 Å². The number of carbonyl (C=O) groups excluding carboxylic acids is 3. The summed E-state index contributed by atoms with van der Waals surface area (Å²) in [5.74, 6) is -0.869. The van der Waals surface area contributed by atoms with E-state index in [1.165, 1.54) is 238 Å². The molecule has 1 unspecified atom stereocenters. The largest absolute Gasteiger partial charge is 0.462 e. The van der Waals surface area contributed by atoms with Gasteiger partial charge in [0.15, 0.2) is 6.10 Å². The SMILES string of the molecule is CCCCCCC/C=C\C/C=C\C/C=C\CCCCCCCCC(=O)OC(COC(=O)CCCCCCCCCC)COC(=O)CCCCCCCCCCCCCCCCCCCCCCCCCCCC. The van der Waals surface area contributed by atoms with E-state index in [1.54, 1.807) is 0 Å². The fraction of sp³-hybridized carbons (Fsp3) is 0.866. The van der Waals surface area contributed by atoms with E-state index < -0.39 is 6.10 Å². The van der Waals surface area contributed by atoms with Crippen molar-refractivity contribution >= 4 is 17.9 Å². The van der Waals surface area contributed by atoms with E-state index in [1.807, 2.05) is 0 Å². The summed E-state index contributed by atoms with van der Waals surface area (Å²) in [4.78, 5) is 38.1. The predicted molar refractivity (Wildman–Crippen MR) is 316 cm³/mol. The fourth-order valence-corrected chi connectivity index (χ4v) is 9.75. The Bertz CT molecular complexity index is 1220. The summed E-state index contributed by atoms with van der Waals surface area (Å²) >= 11 is 0. The maximum atomic E-state index is 12.9. The summed E-state index contributed by atoms with van der Waals surface area (Å²) in [6.45, 7) is 6.64. The van der Waals surface area contributed by atoms with Crippen LogP contribution >= 0.6 is 0 Å². The topological polar surface area (TPSA) is 78.9 Å². The molecule has 0 saturated carbocycles. The normalized spacial score (nSPS) is 12.2. The highest BCUT2D eigenvalue weighted by atomic mass is 16.6. The van der Waals surface area contributed by atoms with Crippen molar-refractivity contribution in [3.05, 3.63) is 36.5 Å². The molecule has 1 atom stereocenters.